The minimum atomic E-state index is -0.669. The summed E-state index contributed by atoms with van der Waals surface area (Å²) in [4.78, 5) is 24.4. The number of aromatic nitrogens is 3. The van der Waals surface area contributed by atoms with Gasteiger partial charge in [-0.1, -0.05) is 11.6 Å². The predicted molar refractivity (Wildman–Crippen MR) is 100 cm³/mol. The molecule has 1 N–H and O–H groups in total. The summed E-state index contributed by atoms with van der Waals surface area (Å²) in [7, 11) is 0. The van der Waals surface area contributed by atoms with E-state index in [9.17, 15) is 13.6 Å². The predicted octanol–water partition coefficient (Wildman–Crippen LogP) is 4.51. The quantitative estimate of drug-likeness (QED) is 0.633. The Labute approximate surface area is 164 Å². The van der Waals surface area contributed by atoms with E-state index in [-0.39, 0.29) is 39.6 Å². The Bertz CT molecular complexity index is 1010. The first-order chi connectivity index (χ1) is 13.3. The number of anilines is 1. The van der Waals surface area contributed by atoms with E-state index < -0.39 is 17.5 Å². The van der Waals surface area contributed by atoms with Crippen LogP contribution >= 0.6 is 11.6 Å². The first-order valence-electron chi connectivity index (χ1n) is 8.25. The fourth-order valence-electron chi connectivity index (χ4n) is 2.37. The van der Waals surface area contributed by atoms with E-state index in [0.717, 1.165) is 18.2 Å². The Morgan fingerprint density at radius 3 is 2.50 bits per heavy atom. The molecule has 2 heterocycles. The van der Waals surface area contributed by atoms with Crippen molar-refractivity contribution in [1.29, 1.82) is 0 Å². The molecule has 0 aliphatic rings. The maximum absolute atomic E-state index is 14.2. The van der Waals surface area contributed by atoms with Crippen molar-refractivity contribution in [3.63, 3.8) is 0 Å². The third-order valence-corrected chi connectivity index (χ3v) is 3.88. The normalized spacial score (nSPS) is 10.8. The highest BCUT2D eigenvalue weighted by Crippen LogP contribution is 2.34. The van der Waals surface area contributed by atoms with Crippen molar-refractivity contribution in [1.82, 2.24) is 15.0 Å². The van der Waals surface area contributed by atoms with Gasteiger partial charge in [0, 0.05) is 29.7 Å². The average Bonchev–Trinajstić information content (AvgIpc) is 2.65. The topological polar surface area (TPSA) is 77.0 Å². The van der Waals surface area contributed by atoms with E-state index in [1.807, 2.05) is 13.8 Å². The van der Waals surface area contributed by atoms with Gasteiger partial charge in [-0.05, 0) is 38.1 Å². The van der Waals surface area contributed by atoms with Gasteiger partial charge in [0.15, 0.2) is 5.15 Å². The maximum atomic E-state index is 14.2. The van der Waals surface area contributed by atoms with Gasteiger partial charge in [-0.25, -0.2) is 23.7 Å². The molecule has 3 aromatic rings. The maximum Gasteiger partial charge on any atom is 0.316 e. The second-order valence-corrected chi connectivity index (χ2v) is 6.38. The van der Waals surface area contributed by atoms with Crippen molar-refractivity contribution in [2.45, 2.75) is 20.0 Å². The van der Waals surface area contributed by atoms with Crippen LogP contribution in [0.3, 0.4) is 0 Å². The lowest BCUT2D eigenvalue weighted by atomic mass is 10.0. The lowest BCUT2D eigenvalue weighted by Crippen LogP contribution is -2.15. The summed E-state index contributed by atoms with van der Waals surface area (Å²) < 4.78 is 33.1. The summed E-state index contributed by atoms with van der Waals surface area (Å²) in [5.74, 6) is -1.89. The number of rotatable bonds is 5. The molecule has 6 nitrogen and oxygen atoms in total. The van der Waals surface area contributed by atoms with Gasteiger partial charge >= 0.3 is 6.01 Å². The lowest BCUT2D eigenvalue weighted by Gasteiger charge is -2.13. The van der Waals surface area contributed by atoms with Crippen LogP contribution in [-0.4, -0.2) is 27.0 Å². The smallest absolute Gasteiger partial charge is 0.316 e. The van der Waals surface area contributed by atoms with Crippen LogP contribution in [0.2, 0.25) is 5.15 Å². The van der Waals surface area contributed by atoms with Crippen LogP contribution in [0.15, 0.2) is 42.9 Å². The number of carbonyl (C=O) groups is 1. The van der Waals surface area contributed by atoms with Crippen LogP contribution in [0.5, 0.6) is 6.01 Å². The van der Waals surface area contributed by atoms with Gasteiger partial charge in [0.2, 0.25) is 0 Å². The zero-order valence-corrected chi connectivity index (χ0v) is 15.7. The Morgan fingerprint density at radius 2 is 1.82 bits per heavy atom. The van der Waals surface area contributed by atoms with Gasteiger partial charge in [-0.3, -0.25) is 4.79 Å². The molecular weight excluding hydrogens is 390 g/mol. The molecule has 0 aliphatic heterocycles. The Hall–Kier alpha value is -3.13. The standard InChI is InChI=1S/C19H15ClF2N4O2/c1-10(2)28-19-24-8-11(9-25-19)18(27)26-16-13(5-6-23-17(16)20)14-7-12(21)3-4-15(14)22/h3-10H,1-2H3,(H,26,27). The largest absolute Gasteiger partial charge is 0.461 e. The molecule has 144 valence electrons. The molecule has 1 amide bonds. The van der Waals surface area contributed by atoms with Crippen LogP contribution < -0.4 is 10.1 Å². The van der Waals surface area contributed by atoms with Crippen LogP contribution in [-0.2, 0) is 0 Å². The third kappa shape index (κ3) is 4.40. The molecule has 0 aliphatic carbocycles. The summed E-state index contributed by atoms with van der Waals surface area (Å²) in [5.41, 5.74) is 0.297. The van der Waals surface area contributed by atoms with Gasteiger partial charge in [0.25, 0.3) is 5.91 Å². The zero-order valence-electron chi connectivity index (χ0n) is 14.9. The number of carbonyl (C=O) groups excluding carboxylic acids is 1. The number of benzene rings is 1. The van der Waals surface area contributed by atoms with Gasteiger partial charge < -0.3 is 10.1 Å². The minimum Gasteiger partial charge on any atom is -0.461 e. The zero-order chi connectivity index (χ0) is 20.3. The molecule has 0 fully saturated rings. The monoisotopic (exact) mass is 404 g/mol. The highest BCUT2D eigenvalue weighted by atomic mass is 35.5. The van der Waals surface area contributed by atoms with Crippen LogP contribution in [0.25, 0.3) is 11.1 Å². The van der Waals surface area contributed by atoms with Gasteiger partial charge in [0.05, 0.1) is 17.4 Å². The molecule has 0 bridgehead atoms. The van der Waals surface area contributed by atoms with Crippen LogP contribution in [0.1, 0.15) is 24.2 Å². The third-order valence-electron chi connectivity index (χ3n) is 3.59. The van der Waals surface area contributed by atoms with E-state index in [1.54, 1.807) is 0 Å². The fourth-order valence-corrected chi connectivity index (χ4v) is 2.58. The SMILES string of the molecule is CC(C)Oc1ncc(C(=O)Nc2c(-c3cc(F)ccc3F)ccnc2Cl)cn1. The number of pyridine rings is 1. The first-order valence-corrected chi connectivity index (χ1v) is 8.63. The molecule has 0 spiro atoms. The highest BCUT2D eigenvalue weighted by molar-refractivity contribution is 6.33. The number of ether oxygens (including phenoxy) is 1. The molecule has 9 heteroatoms. The molecule has 0 radical (unpaired) electrons. The molecule has 2 aromatic heterocycles. The molecule has 0 saturated heterocycles. The summed E-state index contributed by atoms with van der Waals surface area (Å²) in [5, 5.41) is 2.48. The molecule has 28 heavy (non-hydrogen) atoms. The lowest BCUT2D eigenvalue weighted by molar-refractivity contribution is 0.102. The summed E-state index contributed by atoms with van der Waals surface area (Å²) in [6, 6.07) is 4.56. The number of nitrogens with one attached hydrogen (secondary N) is 1. The second kappa shape index (κ2) is 8.26. The van der Waals surface area contributed by atoms with Gasteiger partial charge in [0.1, 0.15) is 11.6 Å². The van der Waals surface area contributed by atoms with E-state index in [0.29, 0.717) is 0 Å². The van der Waals surface area contributed by atoms with Crippen LogP contribution in [0, 0.1) is 11.6 Å². The number of nitrogens with zero attached hydrogens (tertiary/aromatic N) is 3. The van der Waals surface area contributed by atoms with Gasteiger partial charge in [-0.2, -0.15) is 0 Å². The van der Waals surface area contributed by atoms with E-state index in [1.165, 1.54) is 24.7 Å². The average molecular weight is 405 g/mol. The molecule has 0 unspecified atom stereocenters. The highest BCUT2D eigenvalue weighted by Gasteiger charge is 2.18. The Balaban J connectivity index is 1.92. The van der Waals surface area contributed by atoms with E-state index >= 15 is 0 Å². The van der Waals surface area contributed by atoms with E-state index in [4.69, 9.17) is 16.3 Å². The Morgan fingerprint density at radius 1 is 1.11 bits per heavy atom. The van der Waals surface area contributed by atoms with Crippen LogP contribution in [0.4, 0.5) is 14.5 Å². The summed E-state index contributed by atoms with van der Waals surface area (Å²) >= 11 is 6.09. The fraction of sp³-hybridized carbons (Fsp3) is 0.158. The first kappa shape index (κ1) is 19.6. The molecular formula is C19H15ClF2N4O2. The van der Waals surface area contributed by atoms with Crippen molar-refractivity contribution in [3.8, 4) is 17.1 Å². The number of hydrogen-bond donors (Lipinski definition) is 1. The van der Waals surface area contributed by atoms with Crippen molar-refractivity contribution in [3.05, 3.63) is 65.2 Å². The van der Waals surface area contributed by atoms with Crippen molar-refractivity contribution in [2.75, 3.05) is 5.32 Å². The minimum absolute atomic E-state index is 0.0428. The Kier molecular flexibility index (Phi) is 5.79. The van der Waals surface area contributed by atoms with Crippen molar-refractivity contribution in [2.24, 2.45) is 0 Å². The number of hydrogen-bond acceptors (Lipinski definition) is 5. The number of amides is 1. The van der Waals surface area contributed by atoms with Gasteiger partial charge in [-0.15, -0.1) is 0 Å². The second-order valence-electron chi connectivity index (χ2n) is 6.02. The molecule has 1 aromatic carbocycles. The number of halogens is 3. The molecule has 0 atom stereocenters. The molecule has 3 rings (SSSR count). The molecule has 0 saturated carbocycles. The van der Waals surface area contributed by atoms with E-state index in [2.05, 4.69) is 20.3 Å². The van der Waals surface area contributed by atoms with Crippen molar-refractivity contribution >= 4 is 23.2 Å². The summed E-state index contributed by atoms with van der Waals surface area (Å²) in [6.45, 7) is 3.64. The van der Waals surface area contributed by atoms with Crippen molar-refractivity contribution < 1.29 is 18.3 Å². The summed E-state index contributed by atoms with van der Waals surface area (Å²) in [6.07, 6.45) is 3.79.